The molecule has 0 aliphatic carbocycles. The molecule has 0 spiro atoms. The van der Waals surface area contributed by atoms with Crippen molar-refractivity contribution >= 4 is 17.8 Å². The Morgan fingerprint density at radius 3 is 2.29 bits per heavy atom. The Morgan fingerprint density at radius 1 is 1.05 bits per heavy atom. The van der Waals surface area contributed by atoms with E-state index in [2.05, 4.69) is 46.4 Å². The summed E-state index contributed by atoms with van der Waals surface area (Å²) in [6.07, 6.45) is 5.03. The summed E-state index contributed by atoms with van der Waals surface area (Å²) in [7, 11) is 5.66. The van der Waals surface area contributed by atoms with Crippen LogP contribution in [0.4, 0.5) is 17.8 Å². The highest BCUT2D eigenvalue weighted by atomic mass is 15.3. The molecular weight excluding hydrogens is 264 g/mol. The van der Waals surface area contributed by atoms with Gasteiger partial charge in [-0.15, -0.1) is 0 Å². The van der Waals surface area contributed by atoms with Crippen LogP contribution in [0.2, 0.25) is 0 Å². The molecule has 0 aliphatic rings. The summed E-state index contributed by atoms with van der Waals surface area (Å²) in [5.41, 5.74) is 0.236. The second kappa shape index (κ2) is 8.00. The number of nitrogens with one attached hydrogen (secondary N) is 2. The lowest BCUT2D eigenvalue weighted by Gasteiger charge is -2.25. The Morgan fingerprint density at radius 2 is 1.71 bits per heavy atom. The first-order chi connectivity index (χ1) is 9.88. The van der Waals surface area contributed by atoms with Crippen LogP contribution >= 0.6 is 0 Å². The molecule has 120 valence electrons. The Bertz CT molecular complexity index is 430. The van der Waals surface area contributed by atoms with Crippen molar-refractivity contribution in [3.8, 4) is 0 Å². The molecule has 0 aliphatic heterocycles. The van der Waals surface area contributed by atoms with Crippen molar-refractivity contribution in [1.82, 2.24) is 15.0 Å². The van der Waals surface area contributed by atoms with E-state index in [0.29, 0.717) is 17.8 Å². The minimum atomic E-state index is 0.236. The fourth-order valence-corrected chi connectivity index (χ4v) is 2.02. The predicted octanol–water partition coefficient (Wildman–Crippen LogP) is 3.00. The highest BCUT2D eigenvalue weighted by Crippen LogP contribution is 2.24. The number of hydrogen-bond donors (Lipinski definition) is 2. The molecule has 0 unspecified atom stereocenters. The average molecular weight is 294 g/mol. The van der Waals surface area contributed by atoms with Crippen molar-refractivity contribution in [3.05, 3.63) is 0 Å². The third-order valence-corrected chi connectivity index (χ3v) is 3.43. The highest BCUT2D eigenvalue weighted by Gasteiger charge is 2.18. The molecule has 1 aromatic rings. The van der Waals surface area contributed by atoms with E-state index in [1.807, 2.05) is 26.0 Å². The number of hydrogen-bond acceptors (Lipinski definition) is 6. The maximum absolute atomic E-state index is 4.43. The van der Waals surface area contributed by atoms with Crippen LogP contribution in [-0.4, -0.2) is 42.6 Å². The first-order valence-corrected chi connectivity index (χ1v) is 7.73. The van der Waals surface area contributed by atoms with Gasteiger partial charge in [-0.3, -0.25) is 0 Å². The Hall–Kier alpha value is -1.59. The first-order valence-electron chi connectivity index (χ1n) is 7.73. The molecule has 6 nitrogen and oxygen atoms in total. The monoisotopic (exact) mass is 294 g/mol. The van der Waals surface area contributed by atoms with Crippen LogP contribution in [0.3, 0.4) is 0 Å². The smallest absolute Gasteiger partial charge is 0.231 e. The number of anilines is 3. The molecule has 0 radical (unpaired) electrons. The van der Waals surface area contributed by atoms with Crippen LogP contribution in [0.15, 0.2) is 0 Å². The fraction of sp³-hybridized carbons (Fsp3) is 0.800. The Labute approximate surface area is 128 Å². The maximum Gasteiger partial charge on any atom is 0.231 e. The summed E-state index contributed by atoms with van der Waals surface area (Å²) >= 11 is 0. The van der Waals surface area contributed by atoms with Gasteiger partial charge in [0.25, 0.3) is 0 Å². The molecule has 1 heterocycles. The molecule has 2 N–H and O–H groups in total. The summed E-state index contributed by atoms with van der Waals surface area (Å²) in [5, 5.41) is 6.33. The predicted molar refractivity (Wildman–Crippen MR) is 90.1 cm³/mol. The topological polar surface area (TPSA) is 66.0 Å². The SMILES string of the molecule is CCCCCC(C)(C)CNc1nc(NC)nc(N(C)C)n1. The normalized spacial score (nSPS) is 11.3. The van der Waals surface area contributed by atoms with E-state index in [1.165, 1.54) is 25.7 Å². The summed E-state index contributed by atoms with van der Waals surface area (Å²) < 4.78 is 0. The second-order valence-electron chi connectivity index (χ2n) is 6.40. The molecule has 21 heavy (non-hydrogen) atoms. The molecule has 0 fully saturated rings. The van der Waals surface area contributed by atoms with Gasteiger partial charge in [-0.05, 0) is 11.8 Å². The molecule has 0 saturated heterocycles. The summed E-state index contributed by atoms with van der Waals surface area (Å²) in [4.78, 5) is 15.0. The number of aromatic nitrogens is 3. The van der Waals surface area contributed by atoms with Crippen LogP contribution in [-0.2, 0) is 0 Å². The van der Waals surface area contributed by atoms with Gasteiger partial charge in [0.15, 0.2) is 0 Å². The van der Waals surface area contributed by atoms with E-state index in [9.17, 15) is 0 Å². The number of unbranched alkanes of at least 4 members (excludes halogenated alkanes) is 2. The van der Waals surface area contributed by atoms with Gasteiger partial charge in [0, 0.05) is 27.7 Å². The molecule has 0 aromatic carbocycles. The zero-order chi connectivity index (χ0) is 15.9. The lowest BCUT2D eigenvalue weighted by Crippen LogP contribution is -2.25. The minimum absolute atomic E-state index is 0.236. The molecule has 6 heteroatoms. The molecule has 0 saturated carbocycles. The zero-order valence-electron chi connectivity index (χ0n) is 14.3. The molecule has 0 amide bonds. The van der Waals surface area contributed by atoms with Crippen LogP contribution in [0, 0.1) is 5.41 Å². The van der Waals surface area contributed by atoms with Crippen LogP contribution in [0.25, 0.3) is 0 Å². The number of rotatable bonds is 9. The van der Waals surface area contributed by atoms with Gasteiger partial charge < -0.3 is 15.5 Å². The van der Waals surface area contributed by atoms with Crippen molar-refractivity contribution in [1.29, 1.82) is 0 Å². The van der Waals surface area contributed by atoms with E-state index >= 15 is 0 Å². The lowest BCUT2D eigenvalue weighted by atomic mass is 9.87. The van der Waals surface area contributed by atoms with Gasteiger partial charge in [0.05, 0.1) is 0 Å². The van der Waals surface area contributed by atoms with Crippen LogP contribution in [0.1, 0.15) is 46.5 Å². The number of nitrogens with zero attached hydrogens (tertiary/aromatic N) is 4. The highest BCUT2D eigenvalue weighted by molar-refractivity contribution is 5.42. The largest absolute Gasteiger partial charge is 0.357 e. The van der Waals surface area contributed by atoms with Crippen molar-refractivity contribution < 1.29 is 0 Å². The van der Waals surface area contributed by atoms with Crippen molar-refractivity contribution in [2.45, 2.75) is 46.5 Å². The van der Waals surface area contributed by atoms with E-state index in [-0.39, 0.29) is 5.41 Å². The minimum Gasteiger partial charge on any atom is -0.357 e. The zero-order valence-corrected chi connectivity index (χ0v) is 14.3. The average Bonchev–Trinajstić information content (AvgIpc) is 2.45. The van der Waals surface area contributed by atoms with Gasteiger partial charge in [-0.2, -0.15) is 15.0 Å². The Kier molecular flexibility index (Phi) is 6.65. The van der Waals surface area contributed by atoms with Gasteiger partial charge >= 0.3 is 0 Å². The third kappa shape index (κ3) is 6.14. The summed E-state index contributed by atoms with van der Waals surface area (Å²) in [5.74, 6) is 1.86. The third-order valence-electron chi connectivity index (χ3n) is 3.43. The van der Waals surface area contributed by atoms with E-state index in [0.717, 1.165) is 6.54 Å². The van der Waals surface area contributed by atoms with Gasteiger partial charge in [-0.25, -0.2) is 0 Å². The molecule has 1 rings (SSSR count). The van der Waals surface area contributed by atoms with Gasteiger partial charge in [0.1, 0.15) is 0 Å². The molecule has 0 bridgehead atoms. The van der Waals surface area contributed by atoms with Crippen LogP contribution < -0.4 is 15.5 Å². The quantitative estimate of drug-likeness (QED) is 0.683. The summed E-state index contributed by atoms with van der Waals surface area (Å²) in [6, 6.07) is 0. The van der Waals surface area contributed by atoms with Gasteiger partial charge in [-0.1, -0.05) is 40.0 Å². The van der Waals surface area contributed by atoms with E-state index in [4.69, 9.17) is 0 Å². The van der Waals surface area contributed by atoms with Crippen molar-refractivity contribution in [2.75, 3.05) is 43.2 Å². The first kappa shape index (κ1) is 17.5. The second-order valence-corrected chi connectivity index (χ2v) is 6.40. The molecular formula is C15H30N6. The van der Waals surface area contributed by atoms with Crippen molar-refractivity contribution in [2.24, 2.45) is 5.41 Å². The molecule has 0 atom stereocenters. The van der Waals surface area contributed by atoms with Crippen LogP contribution in [0.5, 0.6) is 0 Å². The fourth-order valence-electron chi connectivity index (χ4n) is 2.02. The molecule has 1 aromatic heterocycles. The summed E-state index contributed by atoms with van der Waals surface area (Å²) in [6.45, 7) is 7.65. The van der Waals surface area contributed by atoms with E-state index in [1.54, 1.807) is 0 Å². The standard InChI is InChI=1S/C15H30N6/c1-7-8-9-10-15(2,3)11-17-13-18-12(16-4)19-14(20-13)21(5)6/h7-11H2,1-6H3,(H2,16,17,18,19,20). The Balaban J connectivity index is 2.67. The van der Waals surface area contributed by atoms with E-state index < -0.39 is 0 Å². The van der Waals surface area contributed by atoms with Crippen molar-refractivity contribution in [3.63, 3.8) is 0 Å². The lowest BCUT2D eigenvalue weighted by molar-refractivity contribution is 0.342. The maximum atomic E-state index is 4.43. The van der Waals surface area contributed by atoms with Gasteiger partial charge in [0.2, 0.25) is 17.8 Å².